The van der Waals surface area contributed by atoms with Crippen molar-refractivity contribution in [1.82, 2.24) is 5.32 Å². The number of hydrogen-bond acceptors (Lipinski definition) is 4. The summed E-state index contributed by atoms with van der Waals surface area (Å²) in [5.41, 5.74) is 1.16. The summed E-state index contributed by atoms with van der Waals surface area (Å²) in [5.74, 6) is 2.02. The number of fused-ring (bicyclic) bond motifs is 1. The Bertz CT molecular complexity index is 475. The molecule has 0 fully saturated rings. The van der Waals surface area contributed by atoms with Crippen molar-refractivity contribution < 1.29 is 19.0 Å². The van der Waals surface area contributed by atoms with E-state index in [0.29, 0.717) is 38.7 Å². The summed E-state index contributed by atoms with van der Waals surface area (Å²) in [4.78, 5) is 11.6. The van der Waals surface area contributed by atoms with Crippen LogP contribution >= 0.6 is 0 Å². The number of carbonyl (C=O) groups excluding carboxylic acids is 1. The van der Waals surface area contributed by atoms with Crippen molar-refractivity contribution in [2.75, 3.05) is 33.5 Å². The molecular weight excluding hydrogens is 270 g/mol. The van der Waals surface area contributed by atoms with Crippen LogP contribution in [-0.2, 0) is 16.0 Å². The Morgan fingerprint density at radius 2 is 2.33 bits per heavy atom. The molecule has 1 amide bonds. The zero-order valence-electron chi connectivity index (χ0n) is 12.7. The lowest BCUT2D eigenvalue weighted by Gasteiger charge is -2.25. The quantitative estimate of drug-likeness (QED) is 0.779. The molecule has 5 nitrogen and oxygen atoms in total. The van der Waals surface area contributed by atoms with Gasteiger partial charge >= 0.3 is 0 Å². The van der Waals surface area contributed by atoms with E-state index in [4.69, 9.17) is 14.2 Å². The Morgan fingerprint density at radius 1 is 1.48 bits per heavy atom. The summed E-state index contributed by atoms with van der Waals surface area (Å²) in [6.07, 6.45) is 1.32. The van der Waals surface area contributed by atoms with Crippen molar-refractivity contribution in [3.63, 3.8) is 0 Å². The highest BCUT2D eigenvalue weighted by molar-refractivity contribution is 5.75. The van der Waals surface area contributed by atoms with Crippen LogP contribution in [0.5, 0.6) is 11.5 Å². The van der Waals surface area contributed by atoms with Gasteiger partial charge in [0.1, 0.15) is 11.5 Å². The van der Waals surface area contributed by atoms with Gasteiger partial charge in [-0.15, -0.1) is 0 Å². The zero-order valence-corrected chi connectivity index (χ0v) is 12.7. The Hall–Kier alpha value is -1.75. The first-order valence-electron chi connectivity index (χ1n) is 7.37. The number of hydrogen-bond donors (Lipinski definition) is 1. The van der Waals surface area contributed by atoms with Crippen molar-refractivity contribution in [3.05, 3.63) is 23.8 Å². The lowest BCUT2D eigenvalue weighted by atomic mass is 9.96. The monoisotopic (exact) mass is 293 g/mol. The number of benzene rings is 1. The molecule has 21 heavy (non-hydrogen) atoms. The maximum absolute atomic E-state index is 11.6. The smallest absolute Gasteiger partial charge is 0.222 e. The first-order valence-corrected chi connectivity index (χ1v) is 7.37. The molecule has 1 atom stereocenters. The molecule has 0 bridgehead atoms. The average molecular weight is 293 g/mol. The van der Waals surface area contributed by atoms with Crippen LogP contribution in [0.1, 0.15) is 18.9 Å². The molecule has 1 N–H and O–H groups in total. The van der Waals surface area contributed by atoms with Crippen LogP contribution in [0.3, 0.4) is 0 Å². The summed E-state index contributed by atoms with van der Waals surface area (Å²) in [5, 5.41) is 2.94. The molecule has 0 aliphatic carbocycles. The molecule has 0 aromatic heterocycles. The van der Waals surface area contributed by atoms with Crippen LogP contribution in [0.4, 0.5) is 0 Å². The highest BCUT2D eigenvalue weighted by Gasteiger charge is 2.20. The molecule has 0 spiro atoms. The van der Waals surface area contributed by atoms with Gasteiger partial charge in [0, 0.05) is 31.6 Å². The van der Waals surface area contributed by atoms with Gasteiger partial charge in [-0.05, 0) is 25.0 Å². The Balaban J connectivity index is 1.78. The number of methoxy groups -OCH3 is 1. The molecule has 1 aromatic rings. The van der Waals surface area contributed by atoms with E-state index in [0.717, 1.165) is 23.5 Å². The number of amides is 1. The molecule has 1 aromatic carbocycles. The minimum absolute atomic E-state index is 0.0315. The van der Waals surface area contributed by atoms with E-state index in [9.17, 15) is 4.79 Å². The van der Waals surface area contributed by atoms with Gasteiger partial charge in [-0.1, -0.05) is 6.07 Å². The average Bonchev–Trinajstić information content (AvgIpc) is 2.52. The highest BCUT2D eigenvalue weighted by Crippen LogP contribution is 2.30. The topological polar surface area (TPSA) is 56.8 Å². The van der Waals surface area contributed by atoms with E-state index in [1.54, 1.807) is 7.11 Å². The van der Waals surface area contributed by atoms with Gasteiger partial charge in [0.15, 0.2) is 0 Å². The van der Waals surface area contributed by atoms with Crippen molar-refractivity contribution in [1.29, 1.82) is 0 Å². The zero-order chi connectivity index (χ0) is 15.1. The van der Waals surface area contributed by atoms with Crippen LogP contribution in [0.2, 0.25) is 0 Å². The summed E-state index contributed by atoms with van der Waals surface area (Å²) >= 11 is 0. The van der Waals surface area contributed by atoms with E-state index >= 15 is 0 Å². The predicted molar refractivity (Wildman–Crippen MR) is 79.8 cm³/mol. The first kappa shape index (κ1) is 15.6. The van der Waals surface area contributed by atoms with Gasteiger partial charge in [0.05, 0.1) is 20.3 Å². The largest absolute Gasteiger partial charge is 0.497 e. The standard InChI is InChI=1S/C16H23NO4/c1-3-20-7-6-16(18)17-10-12-8-13-4-5-14(19-2)9-15(13)21-11-12/h4-5,9,12H,3,6-8,10-11H2,1-2H3,(H,17,18)/t12-/m0/s1. The number of ether oxygens (including phenoxy) is 3. The van der Waals surface area contributed by atoms with Gasteiger partial charge in [-0.3, -0.25) is 4.79 Å². The summed E-state index contributed by atoms with van der Waals surface area (Å²) in [7, 11) is 1.64. The summed E-state index contributed by atoms with van der Waals surface area (Å²) in [6.45, 7) is 4.29. The molecule has 1 aliphatic heterocycles. The third-order valence-corrected chi connectivity index (χ3v) is 3.52. The minimum atomic E-state index is 0.0315. The molecule has 1 heterocycles. The SMILES string of the molecule is CCOCCC(=O)NC[C@H]1COc2cc(OC)ccc2C1. The lowest BCUT2D eigenvalue weighted by molar-refractivity contribution is -0.122. The highest BCUT2D eigenvalue weighted by atomic mass is 16.5. The molecule has 0 saturated heterocycles. The second-order valence-electron chi connectivity index (χ2n) is 5.11. The predicted octanol–water partition coefficient (Wildman–Crippen LogP) is 1.79. The Kier molecular flexibility index (Phi) is 5.87. The molecule has 0 radical (unpaired) electrons. The fourth-order valence-electron chi connectivity index (χ4n) is 2.33. The van der Waals surface area contributed by atoms with Gasteiger partial charge < -0.3 is 19.5 Å². The second-order valence-corrected chi connectivity index (χ2v) is 5.11. The van der Waals surface area contributed by atoms with Gasteiger partial charge in [0.25, 0.3) is 0 Å². The first-order chi connectivity index (χ1) is 10.2. The van der Waals surface area contributed by atoms with E-state index in [1.165, 1.54) is 0 Å². The van der Waals surface area contributed by atoms with Crippen molar-refractivity contribution in [2.24, 2.45) is 5.92 Å². The van der Waals surface area contributed by atoms with Crippen LogP contribution in [-0.4, -0.2) is 39.4 Å². The molecule has 1 aliphatic rings. The maximum Gasteiger partial charge on any atom is 0.222 e. The fraction of sp³-hybridized carbons (Fsp3) is 0.562. The molecule has 116 valence electrons. The van der Waals surface area contributed by atoms with E-state index in [-0.39, 0.29) is 5.91 Å². The second kappa shape index (κ2) is 7.88. The number of rotatable bonds is 7. The Morgan fingerprint density at radius 3 is 3.10 bits per heavy atom. The Labute approximate surface area is 125 Å². The van der Waals surface area contributed by atoms with Crippen LogP contribution in [0, 0.1) is 5.92 Å². The minimum Gasteiger partial charge on any atom is -0.497 e. The number of carbonyl (C=O) groups is 1. The van der Waals surface area contributed by atoms with Crippen LogP contribution in [0.15, 0.2) is 18.2 Å². The van der Waals surface area contributed by atoms with Crippen LogP contribution in [0.25, 0.3) is 0 Å². The number of nitrogens with one attached hydrogen (secondary N) is 1. The maximum atomic E-state index is 11.6. The van der Waals surface area contributed by atoms with Crippen molar-refractivity contribution in [2.45, 2.75) is 19.8 Å². The van der Waals surface area contributed by atoms with Crippen LogP contribution < -0.4 is 14.8 Å². The fourth-order valence-corrected chi connectivity index (χ4v) is 2.33. The van der Waals surface area contributed by atoms with Gasteiger partial charge in [0.2, 0.25) is 5.91 Å². The van der Waals surface area contributed by atoms with E-state index < -0.39 is 0 Å². The van der Waals surface area contributed by atoms with Gasteiger partial charge in [-0.2, -0.15) is 0 Å². The third kappa shape index (κ3) is 4.63. The third-order valence-electron chi connectivity index (χ3n) is 3.52. The van der Waals surface area contributed by atoms with Crippen molar-refractivity contribution in [3.8, 4) is 11.5 Å². The van der Waals surface area contributed by atoms with E-state index in [1.807, 2.05) is 25.1 Å². The van der Waals surface area contributed by atoms with Gasteiger partial charge in [-0.25, -0.2) is 0 Å². The van der Waals surface area contributed by atoms with E-state index in [2.05, 4.69) is 5.32 Å². The summed E-state index contributed by atoms with van der Waals surface area (Å²) in [6, 6.07) is 5.87. The molecule has 5 heteroatoms. The summed E-state index contributed by atoms with van der Waals surface area (Å²) < 4.78 is 16.1. The molecule has 0 saturated carbocycles. The lowest BCUT2D eigenvalue weighted by Crippen LogP contribution is -2.35. The molecule has 0 unspecified atom stereocenters. The molecule has 2 rings (SSSR count). The van der Waals surface area contributed by atoms with Crippen molar-refractivity contribution >= 4 is 5.91 Å². The normalized spacial score (nSPS) is 16.8. The molecular formula is C16H23NO4.